The van der Waals surface area contributed by atoms with Gasteiger partial charge in [0.1, 0.15) is 11.5 Å². The Balaban J connectivity index is 1.49. The predicted molar refractivity (Wildman–Crippen MR) is 108 cm³/mol. The van der Waals surface area contributed by atoms with E-state index in [0.29, 0.717) is 18.0 Å². The van der Waals surface area contributed by atoms with Gasteiger partial charge in [-0.25, -0.2) is 4.98 Å². The summed E-state index contributed by atoms with van der Waals surface area (Å²) in [5.74, 6) is 1.43. The van der Waals surface area contributed by atoms with Crippen molar-refractivity contribution < 1.29 is 14.3 Å². The number of aryl methyl sites for hydroxylation is 1. The molecule has 1 amide bonds. The van der Waals surface area contributed by atoms with Crippen LogP contribution in [-0.4, -0.2) is 43.1 Å². The molecule has 1 aromatic carbocycles. The largest absolute Gasteiger partial charge is 0.497 e. The number of benzene rings is 1. The highest BCUT2D eigenvalue weighted by Gasteiger charge is 2.13. The Morgan fingerprint density at radius 2 is 1.85 bits per heavy atom. The molecule has 0 radical (unpaired) electrons. The van der Waals surface area contributed by atoms with E-state index in [1.807, 2.05) is 23.6 Å². The molecule has 0 aliphatic carbocycles. The number of ether oxygens (including phenoxy) is 2. The summed E-state index contributed by atoms with van der Waals surface area (Å²) in [5.41, 5.74) is 2.04. The number of carbonyl (C=O) groups is 1. The first kappa shape index (κ1) is 19.6. The molecule has 6 nitrogen and oxygen atoms in total. The summed E-state index contributed by atoms with van der Waals surface area (Å²) >= 11 is 1.49. The minimum absolute atomic E-state index is 0.0318. The van der Waals surface area contributed by atoms with E-state index >= 15 is 0 Å². The van der Waals surface area contributed by atoms with Crippen molar-refractivity contribution in [2.75, 3.05) is 32.6 Å². The minimum atomic E-state index is -0.0318. The fraction of sp³-hybridized carbons (Fsp3) is 0.500. The number of piperidine rings is 1. The van der Waals surface area contributed by atoms with Crippen LogP contribution in [0.1, 0.15) is 36.9 Å². The molecule has 0 unspecified atom stereocenters. The monoisotopic (exact) mass is 389 g/mol. The highest BCUT2D eigenvalue weighted by atomic mass is 32.1. The van der Waals surface area contributed by atoms with E-state index in [2.05, 4.69) is 15.2 Å². The number of aromatic nitrogens is 1. The van der Waals surface area contributed by atoms with Gasteiger partial charge in [0, 0.05) is 24.4 Å². The summed E-state index contributed by atoms with van der Waals surface area (Å²) < 4.78 is 10.5. The Labute approximate surface area is 164 Å². The molecule has 146 valence electrons. The maximum Gasteiger partial charge on any atom is 0.226 e. The molecule has 0 atom stereocenters. The van der Waals surface area contributed by atoms with E-state index in [-0.39, 0.29) is 5.91 Å². The molecule has 1 fully saturated rings. The van der Waals surface area contributed by atoms with Gasteiger partial charge in [-0.2, -0.15) is 0 Å². The van der Waals surface area contributed by atoms with Crippen LogP contribution in [0.25, 0.3) is 0 Å². The fourth-order valence-corrected chi connectivity index (χ4v) is 3.95. The van der Waals surface area contributed by atoms with Crippen molar-refractivity contribution in [3.05, 3.63) is 34.8 Å². The smallest absolute Gasteiger partial charge is 0.226 e. The number of hydrogen-bond donors (Lipinski definition) is 1. The maximum absolute atomic E-state index is 12.3. The molecule has 0 saturated carbocycles. The van der Waals surface area contributed by atoms with Crippen molar-refractivity contribution >= 4 is 22.4 Å². The number of nitrogens with zero attached hydrogens (tertiary/aromatic N) is 2. The van der Waals surface area contributed by atoms with Gasteiger partial charge in [0.2, 0.25) is 5.91 Å². The van der Waals surface area contributed by atoms with E-state index in [0.717, 1.165) is 42.4 Å². The third-order valence-electron chi connectivity index (χ3n) is 4.68. The van der Waals surface area contributed by atoms with Crippen LogP contribution >= 0.6 is 11.3 Å². The Morgan fingerprint density at radius 3 is 2.52 bits per heavy atom. The van der Waals surface area contributed by atoms with Crippen LogP contribution in [0.15, 0.2) is 23.6 Å². The zero-order valence-electron chi connectivity index (χ0n) is 16.0. The van der Waals surface area contributed by atoms with E-state index in [1.54, 1.807) is 14.2 Å². The van der Waals surface area contributed by atoms with Crippen molar-refractivity contribution in [3.63, 3.8) is 0 Å². The molecule has 7 heteroatoms. The minimum Gasteiger partial charge on any atom is -0.497 e. The van der Waals surface area contributed by atoms with Crippen molar-refractivity contribution in [1.29, 1.82) is 0 Å². The number of amides is 1. The van der Waals surface area contributed by atoms with Crippen molar-refractivity contribution in [2.24, 2.45) is 0 Å². The second kappa shape index (κ2) is 9.71. The summed E-state index contributed by atoms with van der Waals surface area (Å²) in [6, 6.07) is 5.68. The lowest BCUT2D eigenvalue weighted by Gasteiger charge is -2.25. The Morgan fingerprint density at radius 1 is 1.15 bits per heavy atom. The third kappa shape index (κ3) is 5.94. The number of nitrogens with one attached hydrogen (secondary N) is 1. The van der Waals surface area contributed by atoms with Gasteiger partial charge >= 0.3 is 0 Å². The highest BCUT2D eigenvalue weighted by molar-refractivity contribution is 7.13. The Kier molecular flexibility index (Phi) is 7.06. The van der Waals surface area contributed by atoms with Gasteiger partial charge in [-0.05, 0) is 50.0 Å². The van der Waals surface area contributed by atoms with E-state index in [9.17, 15) is 4.79 Å². The molecule has 1 N–H and O–H groups in total. The van der Waals surface area contributed by atoms with Crippen LogP contribution in [0.4, 0.5) is 5.13 Å². The van der Waals surface area contributed by atoms with Gasteiger partial charge < -0.3 is 14.8 Å². The standard InChI is InChI=1S/C20H27N3O3S/c1-25-17-10-15(11-18(12-17)26-2)6-7-19(24)22-20-21-16(14-27-20)13-23-8-4-3-5-9-23/h10-12,14H,3-9,13H2,1-2H3,(H,21,22,24). The SMILES string of the molecule is COc1cc(CCC(=O)Nc2nc(CN3CCCCC3)cs2)cc(OC)c1. The number of anilines is 1. The average molecular weight is 390 g/mol. The lowest BCUT2D eigenvalue weighted by atomic mass is 10.1. The fourth-order valence-electron chi connectivity index (χ4n) is 3.23. The van der Waals surface area contributed by atoms with Crippen LogP contribution in [-0.2, 0) is 17.8 Å². The van der Waals surface area contributed by atoms with Gasteiger partial charge in [-0.3, -0.25) is 9.69 Å². The van der Waals surface area contributed by atoms with Crippen molar-refractivity contribution in [2.45, 2.75) is 38.6 Å². The number of thiazole rings is 1. The van der Waals surface area contributed by atoms with Gasteiger partial charge in [-0.15, -0.1) is 11.3 Å². The van der Waals surface area contributed by atoms with Crippen molar-refractivity contribution in [3.8, 4) is 11.5 Å². The summed E-state index contributed by atoms with van der Waals surface area (Å²) in [7, 11) is 3.24. The van der Waals surface area contributed by atoms with E-state index in [1.165, 1.54) is 30.6 Å². The maximum atomic E-state index is 12.3. The zero-order valence-corrected chi connectivity index (χ0v) is 16.8. The van der Waals surface area contributed by atoms with Crippen LogP contribution in [0.2, 0.25) is 0 Å². The number of rotatable bonds is 8. The first-order valence-corrected chi connectivity index (χ1v) is 10.2. The molecule has 2 heterocycles. The van der Waals surface area contributed by atoms with Crippen molar-refractivity contribution in [1.82, 2.24) is 9.88 Å². The lowest BCUT2D eigenvalue weighted by molar-refractivity contribution is -0.116. The quantitative estimate of drug-likeness (QED) is 0.745. The Bertz CT molecular complexity index is 734. The number of carbonyl (C=O) groups excluding carboxylic acids is 1. The van der Waals surface area contributed by atoms with Gasteiger partial charge in [0.15, 0.2) is 5.13 Å². The summed E-state index contributed by atoms with van der Waals surface area (Å²) in [6.45, 7) is 3.16. The molecule has 1 saturated heterocycles. The molecular weight excluding hydrogens is 362 g/mol. The summed E-state index contributed by atoms with van der Waals surface area (Å²) in [5, 5.41) is 5.63. The molecule has 27 heavy (non-hydrogen) atoms. The molecule has 1 aromatic heterocycles. The molecule has 0 spiro atoms. The Hall–Kier alpha value is -2.12. The topological polar surface area (TPSA) is 63.7 Å². The van der Waals surface area contributed by atoms with Gasteiger partial charge in [-0.1, -0.05) is 6.42 Å². The first-order valence-electron chi connectivity index (χ1n) is 9.35. The average Bonchev–Trinajstić information content (AvgIpc) is 3.13. The van der Waals surface area contributed by atoms with Crippen LogP contribution in [0.3, 0.4) is 0 Å². The second-order valence-corrected chi connectivity index (χ2v) is 7.61. The van der Waals surface area contributed by atoms with Gasteiger partial charge in [0.25, 0.3) is 0 Å². The molecular formula is C20H27N3O3S. The van der Waals surface area contributed by atoms with Crippen LogP contribution < -0.4 is 14.8 Å². The normalized spacial score (nSPS) is 14.7. The number of hydrogen-bond acceptors (Lipinski definition) is 6. The molecule has 1 aliphatic rings. The van der Waals surface area contributed by atoms with Gasteiger partial charge in [0.05, 0.1) is 19.9 Å². The second-order valence-electron chi connectivity index (χ2n) is 6.75. The van der Waals surface area contributed by atoms with Crippen LogP contribution in [0.5, 0.6) is 11.5 Å². The predicted octanol–water partition coefficient (Wildman–Crippen LogP) is 3.72. The third-order valence-corrected chi connectivity index (χ3v) is 5.49. The first-order chi connectivity index (χ1) is 13.2. The summed E-state index contributed by atoms with van der Waals surface area (Å²) in [6.07, 6.45) is 4.86. The lowest BCUT2D eigenvalue weighted by Crippen LogP contribution is -2.29. The number of likely N-dealkylation sites (tertiary alicyclic amines) is 1. The molecule has 0 bridgehead atoms. The number of methoxy groups -OCH3 is 2. The molecule has 3 rings (SSSR count). The zero-order chi connectivity index (χ0) is 19.1. The molecule has 2 aromatic rings. The van der Waals surface area contributed by atoms with Crippen LogP contribution in [0, 0.1) is 0 Å². The molecule has 1 aliphatic heterocycles. The van der Waals surface area contributed by atoms with E-state index in [4.69, 9.17) is 9.47 Å². The summed E-state index contributed by atoms with van der Waals surface area (Å²) in [4.78, 5) is 19.3. The van der Waals surface area contributed by atoms with E-state index < -0.39 is 0 Å². The highest BCUT2D eigenvalue weighted by Crippen LogP contribution is 2.24.